The Bertz CT molecular complexity index is 619. The highest BCUT2D eigenvalue weighted by molar-refractivity contribution is 7.15. The molecule has 5 heteroatoms. The maximum Gasteiger partial charge on any atom is 0.345 e. The number of hydrogen-bond acceptors (Lipinski definition) is 3. The second-order valence-electron chi connectivity index (χ2n) is 3.98. The molecule has 0 spiro atoms. The number of rotatable bonds is 4. The van der Waals surface area contributed by atoms with Crippen LogP contribution >= 0.6 is 11.3 Å². The first-order valence-electron chi connectivity index (χ1n) is 5.83. The zero-order valence-corrected chi connectivity index (χ0v) is 11.2. The molecule has 4 nitrogen and oxygen atoms in total. The van der Waals surface area contributed by atoms with Crippen molar-refractivity contribution in [3.63, 3.8) is 0 Å². The molecule has 19 heavy (non-hydrogen) atoms. The normalized spacial score (nSPS) is 10.2. The zero-order chi connectivity index (χ0) is 13.8. The van der Waals surface area contributed by atoms with Crippen molar-refractivity contribution in [1.29, 1.82) is 0 Å². The molecule has 2 rings (SSSR count). The monoisotopic (exact) mass is 275 g/mol. The Balaban J connectivity index is 2.13. The molecule has 0 saturated carbocycles. The van der Waals surface area contributed by atoms with Crippen molar-refractivity contribution in [3.8, 4) is 0 Å². The largest absolute Gasteiger partial charge is 0.477 e. The Kier molecular flexibility index (Phi) is 3.97. The van der Waals surface area contributed by atoms with Gasteiger partial charge in [0.15, 0.2) is 0 Å². The topological polar surface area (TPSA) is 66.4 Å². The minimum Gasteiger partial charge on any atom is -0.477 e. The fourth-order valence-corrected chi connectivity index (χ4v) is 2.38. The molecule has 2 aromatic rings. The number of aryl methyl sites for hydroxylation is 1. The molecule has 0 aliphatic carbocycles. The molecule has 1 aromatic carbocycles. The van der Waals surface area contributed by atoms with Crippen LogP contribution in [0.2, 0.25) is 0 Å². The highest BCUT2D eigenvalue weighted by atomic mass is 32.1. The molecule has 0 unspecified atom stereocenters. The predicted octanol–water partition coefficient (Wildman–Crippen LogP) is 3.26. The number of carbonyl (C=O) groups excluding carboxylic acids is 1. The average molecular weight is 275 g/mol. The summed E-state index contributed by atoms with van der Waals surface area (Å²) < 4.78 is 0. The van der Waals surface area contributed by atoms with Crippen LogP contribution in [0.4, 0.5) is 5.69 Å². The highest BCUT2D eigenvalue weighted by Crippen LogP contribution is 2.19. The Morgan fingerprint density at radius 3 is 2.58 bits per heavy atom. The van der Waals surface area contributed by atoms with Crippen LogP contribution in [0.15, 0.2) is 36.4 Å². The van der Waals surface area contributed by atoms with Crippen LogP contribution in [0.1, 0.15) is 31.8 Å². The van der Waals surface area contributed by atoms with Crippen LogP contribution in [-0.4, -0.2) is 17.0 Å². The first-order valence-corrected chi connectivity index (χ1v) is 6.65. The first kappa shape index (κ1) is 13.3. The van der Waals surface area contributed by atoms with E-state index in [4.69, 9.17) is 5.11 Å². The van der Waals surface area contributed by atoms with Gasteiger partial charge in [-0.2, -0.15) is 0 Å². The van der Waals surface area contributed by atoms with Crippen LogP contribution in [-0.2, 0) is 6.42 Å². The van der Waals surface area contributed by atoms with Crippen molar-refractivity contribution >= 4 is 28.9 Å². The van der Waals surface area contributed by atoms with E-state index in [2.05, 4.69) is 5.32 Å². The summed E-state index contributed by atoms with van der Waals surface area (Å²) in [5.41, 5.74) is 1.85. The Labute approximate surface area is 114 Å². The molecule has 0 bridgehead atoms. The van der Waals surface area contributed by atoms with Crippen molar-refractivity contribution in [2.75, 3.05) is 5.32 Å². The first-order chi connectivity index (χ1) is 9.10. The third-order valence-corrected chi connectivity index (χ3v) is 3.71. The summed E-state index contributed by atoms with van der Waals surface area (Å²) in [6, 6.07) is 10.5. The van der Waals surface area contributed by atoms with E-state index in [9.17, 15) is 9.59 Å². The van der Waals surface area contributed by atoms with Crippen LogP contribution in [0.25, 0.3) is 0 Å². The van der Waals surface area contributed by atoms with Gasteiger partial charge in [-0.25, -0.2) is 4.79 Å². The van der Waals surface area contributed by atoms with Gasteiger partial charge in [-0.1, -0.05) is 19.1 Å². The fourth-order valence-electron chi connectivity index (χ4n) is 1.64. The number of aromatic carboxylic acids is 1. The number of nitrogens with one attached hydrogen (secondary N) is 1. The molecule has 1 heterocycles. The standard InChI is InChI=1S/C14H13NO3S/c1-2-9-4-3-5-10(8-9)15-13(16)11-6-7-12(19-11)14(17)18/h3-8H,2H2,1H3,(H,15,16)(H,17,18). The lowest BCUT2D eigenvalue weighted by atomic mass is 10.1. The van der Waals surface area contributed by atoms with Gasteiger partial charge >= 0.3 is 5.97 Å². The molecule has 0 aliphatic heterocycles. The average Bonchev–Trinajstić information content (AvgIpc) is 2.89. The van der Waals surface area contributed by atoms with Crippen molar-refractivity contribution in [2.24, 2.45) is 0 Å². The molecule has 0 aliphatic rings. The van der Waals surface area contributed by atoms with E-state index >= 15 is 0 Å². The van der Waals surface area contributed by atoms with Crippen molar-refractivity contribution in [2.45, 2.75) is 13.3 Å². The minimum atomic E-state index is -1.02. The van der Waals surface area contributed by atoms with Crippen molar-refractivity contribution in [1.82, 2.24) is 0 Å². The van der Waals surface area contributed by atoms with Gasteiger partial charge in [0.1, 0.15) is 4.88 Å². The summed E-state index contributed by atoms with van der Waals surface area (Å²) in [4.78, 5) is 23.3. The summed E-state index contributed by atoms with van der Waals surface area (Å²) in [7, 11) is 0. The van der Waals surface area contributed by atoms with Gasteiger partial charge in [-0.15, -0.1) is 11.3 Å². The van der Waals surface area contributed by atoms with Gasteiger partial charge in [0.2, 0.25) is 0 Å². The molecule has 1 aromatic heterocycles. The quantitative estimate of drug-likeness (QED) is 0.900. The van der Waals surface area contributed by atoms with Crippen LogP contribution in [0.5, 0.6) is 0 Å². The lowest BCUT2D eigenvalue weighted by molar-refractivity contribution is 0.0702. The molecule has 0 fully saturated rings. The van der Waals surface area contributed by atoms with E-state index in [1.54, 1.807) is 0 Å². The maximum absolute atomic E-state index is 12.0. The number of carboxylic acids is 1. The Hall–Kier alpha value is -2.14. The smallest absolute Gasteiger partial charge is 0.345 e. The van der Waals surface area contributed by atoms with Gasteiger partial charge < -0.3 is 10.4 Å². The third kappa shape index (κ3) is 3.20. The molecule has 0 atom stereocenters. The van der Waals surface area contributed by atoms with Crippen molar-refractivity contribution in [3.05, 3.63) is 51.7 Å². The van der Waals surface area contributed by atoms with E-state index in [1.165, 1.54) is 12.1 Å². The van der Waals surface area contributed by atoms with E-state index in [1.807, 2.05) is 31.2 Å². The summed E-state index contributed by atoms with van der Waals surface area (Å²) in [6.45, 7) is 2.04. The summed E-state index contributed by atoms with van der Waals surface area (Å²) in [5.74, 6) is -1.30. The van der Waals surface area contributed by atoms with Crippen molar-refractivity contribution < 1.29 is 14.7 Å². The van der Waals surface area contributed by atoms with E-state index in [-0.39, 0.29) is 10.8 Å². The summed E-state index contributed by atoms with van der Waals surface area (Å²) in [5, 5.41) is 11.6. The highest BCUT2D eigenvalue weighted by Gasteiger charge is 2.12. The number of thiophene rings is 1. The molecular weight excluding hydrogens is 262 g/mol. The maximum atomic E-state index is 12.0. The fraction of sp³-hybridized carbons (Fsp3) is 0.143. The van der Waals surface area contributed by atoms with Gasteiger partial charge in [-0.05, 0) is 36.2 Å². The number of carbonyl (C=O) groups is 2. The van der Waals surface area contributed by atoms with Gasteiger partial charge in [-0.3, -0.25) is 4.79 Å². The second-order valence-corrected chi connectivity index (χ2v) is 5.06. The molecule has 0 radical (unpaired) electrons. The lowest BCUT2D eigenvalue weighted by Gasteiger charge is -2.05. The summed E-state index contributed by atoms with van der Waals surface area (Å²) in [6.07, 6.45) is 0.895. The van der Waals surface area contributed by atoms with E-state index in [0.29, 0.717) is 4.88 Å². The van der Waals surface area contributed by atoms with Crippen LogP contribution in [0, 0.1) is 0 Å². The second kappa shape index (κ2) is 5.67. The molecule has 0 saturated heterocycles. The van der Waals surface area contributed by atoms with Crippen LogP contribution < -0.4 is 5.32 Å². The molecular formula is C14H13NO3S. The lowest BCUT2D eigenvalue weighted by Crippen LogP contribution is -2.10. The van der Waals surface area contributed by atoms with E-state index < -0.39 is 5.97 Å². The number of carboxylic acid groups (broad SMARTS) is 1. The number of anilines is 1. The molecule has 2 N–H and O–H groups in total. The number of benzene rings is 1. The number of hydrogen-bond donors (Lipinski definition) is 2. The van der Waals surface area contributed by atoms with Crippen LogP contribution in [0.3, 0.4) is 0 Å². The molecule has 98 valence electrons. The minimum absolute atomic E-state index is 0.160. The Morgan fingerprint density at radius 2 is 1.95 bits per heavy atom. The van der Waals surface area contributed by atoms with Gasteiger partial charge in [0.05, 0.1) is 4.88 Å². The summed E-state index contributed by atoms with van der Waals surface area (Å²) >= 11 is 0.967. The zero-order valence-electron chi connectivity index (χ0n) is 10.3. The number of amides is 1. The SMILES string of the molecule is CCc1cccc(NC(=O)c2ccc(C(=O)O)s2)c1. The Morgan fingerprint density at radius 1 is 1.21 bits per heavy atom. The predicted molar refractivity (Wildman–Crippen MR) is 75.1 cm³/mol. The van der Waals surface area contributed by atoms with Gasteiger partial charge in [0, 0.05) is 5.69 Å². The third-order valence-electron chi connectivity index (χ3n) is 2.63. The van der Waals surface area contributed by atoms with Gasteiger partial charge in [0.25, 0.3) is 5.91 Å². The van der Waals surface area contributed by atoms with E-state index in [0.717, 1.165) is 29.0 Å². The molecule has 1 amide bonds.